The maximum atomic E-state index is 12.2. The van der Waals surface area contributed by atoms with Crippen molar-refractivity contribution in [2.75, 3.05) is 0 Å². The lowest BCUT2D eigenvalue weighted by atomic mass is 10.2. The topological polar surface area (TPSA) is 103 Å². The molecule has 126 valence electrons. The Morgan fingerprint density at radius 3 is 2.58 bits per heavy atom. The van der Waals surface area contributed by atoms with Gasteiger partial charge in [-0.05, 0) is 19.1 Å². The minimum Gasteiger partial charge on any atom is -0.423 e. The van der Waals surface area contributed by atoms with Gasteiger partial charge in [-0.1, -0.05) is 26.0 Å². The van der Waals surface area contributed by atoms with Crippen molar-refractivity contribution >= 4 is 17.0 Å². The van der Waals surface area contributed by atoms with E-state index in [1.165, 1.54) is 4.57 Å². The maximum absolute atomic E-state index is 12.2. The SMILES string of the molecule is CC(C)c1nnc([C@H](C)NC(=O)Cn2c(=O)oc3ccccc32)o1. The molecule has 0 unspecified atom stereocenters. The minimum absolute atomic E-state index is 0.116. The quantitative estimate of drug-likeness (QED) is 0.767. The van der Waals surface area contributed by atoms with E-state index in [0.717, 1.165) is 0 Å². The molecule has 0 aliphatic rings. The van der Waals surface area contributed by atoms with E-state index in [1.54, 1.807) is 31.2 Å². The molecule has 0 aliphatic heterocycles. The van der Waals surface area contributed by atoms with E-state index in [9.17, 15) is 9.59 Å². The van der Waals surface area contributed by atoms with Crippen molar-refractivity contribution < 1.29 is 13.6 Å². The van der Waals surface area contributed by atoms with Crippen LogP contribution in [-0.2, 0) is 11.3 Å². The largest absolute Gasteiger partial charge is 0.423 e. The summed E-state index contributed by atoms with van der Waals surface area (Å²) in [6.07, 6.45) is 0. The predicted octanol–water partition coefficient (Wildman–Crippen LogP) is 1.98. The number of carbonyl (C=O) groups is 1. The Kier molecular flexibility index (Phi) is 4.20. The highest BCUT2D eigenvalue weighted by Gasteiger charge is 2.19. The zero-order valence-electron chi connectivity index (χ0n) is 13.6. The molecule has 3 aromatic rings. The number of para-hydroxylation sites is 2. The number of carbonyl (C=O) groups excluding carboxylic acids is 1. The third kappa shape index (κ3) is 3.08. The number of nitrogens with zero attached hydrogens (tertiary/aromatic N) is 3. The van der Waals surface area contributed by atoms with Crippen molar-refractivity contribution in [2.24, 2.45) is 0 Å². The van der Waals surface area contributed by atoms with Crippen LogP contribution < -0.4 is 11.1 Å². The molecule has 0 radical (unpaired) electrons. The van der Waals surface area contributed by atoms with E-state index in [2.05, 4.69) is 15.5 Å². The summed E-state index contributed by atoms with van der Waals surface area (Å²) < 4.78 is 11.9. The lowest BCUT2D eigenvalue weighted by Crippen LogP contribution is -2.32. The van der Waals surface area contributed by atoms with Gasteiger partial charge in [0, 0.05) is 5.92 Å². The number of oxazole rings is 1. The average molecular weight is 330 g/mol. The zero-order valence-corrected chi connectivity index (χ0v) is 13.6. The molecular weight excluding hydrogens is 312 g/mol. The van der Waals surface area contributed by atoms with E-state index < -0.39 is 11.8 Å². The van der Waals surface area contributed by atoms with E-state index >= 15 is 0 Å². The van der Waals surface area contributed by atoms with E-state index in [0.29, 0.717) is 22.9 Å². The highest BCUT2D eigenvalue weighted by Crippen LogP contribution is 2.17. The summed E-state index contributed by atoms with van der Waals surface area (Å²) in [5.41, 5.74) is 1.02. The normalized spacial score (nSPS) is 12.7. The van der Waals surface area contributed by atoms with Crippen molar-refractivity contribution in [1.29, 1.82) is 0 Å². The van der Waals surface area contributed by atoms with Crippen LogP contribution in [0.1, 0.15) is 44.5 Å². The Labute approximate surface area is 137 Å². The van der Waals surface area contributed by atoms with Crippen LogP contribution in [0.25, 0.3) is 11.1 Å². The fourth-order valence-corrected chi connectivity index (χ4v) is 2.31. The van der Waals surface area contributed by atoms with Crippen LogP contribution in [0.2, 0.25) is 0 Å². The number of aromatic nitrogens is 3. The Balaban J connectivity index is 1.72. The van der Waals surface area contributed by atoms with Crippen LogP contribution in [0, 0.1) is 0 Å². The summed E-state index contributed by atoms with van der Waals surface area (Å²) in [5, 5.41) is 10.6. The molecule has 0 saturated heterocycles. The van der Waals surface area contributed by atoms with Crippen molar-refractivity contribution in [3.8, 4) is 0 Å². The molecule has 1 atom stereocenters. The van der Waals surface area contributed by atoms with E-state index in [1.807, 2.05) is 13.8 Å². The molecule has 0 fully saturated rings. The van der Waals surface area contributed by atoms with Gasteiger partial charge in [-0.2, -0.15) is 0 Å². The van der Waals surface area contributed by atoms with Crippen molar-refractivity contribution in [1.82, 2.24) is 20.1 Å². The van der Waals surface area contributed by atoms with Gasteiger partial charge in [-0.25, -0.2) is 4.79 Å². The summed E-state index contributed by atoms with van der Waals surface area (Å²) in [6.45, 7) is 5.48. The van der Waals surface area contributed by atoms with Gasteiger partial charge in [0.2, 0.25) is 17.7 Å². The Morgan fingerprint density at radius 1 is 1.17 bits per heavy atom. The van der Waals surface area contributed by atoms with E-state index in [-0.39, 0.29) is 18.4 Å². The van der Waals surface area contributed by atoms with Gasteiger partial charge >= 0.3 is 5.76 Å². The number of hydrogen-bond acceptors (Lipinski definition) is 6. The molecule has 0 saturated carbocycles. The molecule has 24 heavy (non-hydrogen) atoms. The summed E-state index contributed by atoms with van der Waals surface area (Å²) in [5.74, 6) is 0.0453. The number of nitrogens with one attached hydrogen (secondary N) is 1. The Hall–Kier alpha value is -2.90. The van der Waals surface area contributed by atoms with Crippen LogP contribution in [0.15, 0.2) is 37.9 Å². The second-order valence-corrected chi connectivity index (χ2v) is 5.84. The molecule has 0 aliphatic carbocycles. The maximum Gasteiger partial charge on any atom is 0.420 e. The average Bonchev–Trinajstić information content (AvgIpc) is 3.13. The molecule has 8 nitrogen and oxygen atoms in total. The second kappa shape index (κ2) is 6.31. The summed E-state index contributed by atoms with van der Waals surface area (Å²) >= 11 is 0. The summed E-state index contributed by atoms with van der Waals surface area (Å²) in [7, 11) is 0. The predicted molar refractivity (Wildman–Crippen MR) is 85.4 cm³/mol. The zero-order chi connectivity index (χ0) is 17.3. The monoisotopic (exact) mass is 330 g/mol. The van der Waals surface area contributed by atoms with Gasteiger partial charge in [0.15, 0.2) is 5.58 Å². The molecule has 0 spiro atoms. The lowest BCUT2D eigenvalue weighted by molar-refractivity contribution is -0.122. The number of rotatable bonds is 5. The van der Waals surface area contributed by atoms with Crippen LogP contribution in [0.4, 0.5) is 0 Å². The Bertz CT molecular complexity index is 921. The van der Waals surface area contributed by atoms with Crippen LogP contribution in [0.3, 0.4) is 0 Å². The van der Waals surface area contributed by atoms with Gasteiger partial charge in [0.1, 0.15) is 12.6 Å². The number of amides is 1. The smallest absolute Gasteiger partial charge is 0.420 e. The molecule has 2 aromatic heterocycles. The first-order chi connectivity index (χ1) is 11.5. The molecular formula is C16H18N4O4. The first-order valence-corrected chi connectivity index (χ1v) is 7.66. The molecule has 1 amide bonds. The highest BCUT2D eigenvalue weighted by molar-refractivity contribution is 5.79. The van der Waals surface area contributed by atoms with Crippen molar-refractivity contribution in [3.05, 3.63) is 46.6 Å². The lowest BCUT2D eigenvalue weighted by Gasteiger charge is -2.10. The van der Waals surface area contributed by atoms with Crippen LogP contribution >= 0.6 is 0 Å². The van der Waals surface area contributed by atoms with Crippen molar-refractivity contribution in [2.45, 2.75) is 39.3 Å². The van der Waals surface area contributed by atoms with Crippen molar-refractivity contribution in [3.63, 3.8) is 0 Å². The van der Waals surface area contributed by atoms with Gasteiger partial charge in [0.05, 0.1) is 5.52 Å². The standard InChI is InChI=1S/C16H18N4O4/c1-9(2)14-18-19-15(24-14)10(3)17-13(21)8-20-11-6-4-5-7-12(11)23-16(20)22/h4-7,9-10H,8H2,1-3H3,(H,17,21)/t10-/m0/s1. The number of fused-ring (bicyclic) bond motifs is 1. The third-order valence-corrected chi connectivity index (χ3v) is 3.57. The first kappa shape index (κ1) is 16.0. The molecule has 2 heterocycles. The van der Waals surface area contributed by atoms with Gasteiger partial charge in [-0.15, -0.1) is 10.2 Å². The molecule has 1 N–H and O–H groups in total. The minimum atomic E-state index is -0.570. The number of benzene rings is 1. The van der Waals surface area contributed by atoms with Gasteiger partial charge < -0.3 is 14.2 Å². The summed E-state index contributed by atoms with van der Waals surface area (Å²) in [4.78, 5) is 24.1. The molecule has 1 aromatic carbocycles. The first-order valence-electron chi connectivity index (χ1n) is 7.66. The van der Waals surface area contributed by atoms with E-state index in [4.69, 9.17) is 8.83 Å². The fraction of sp³-hybridized carbons (Fsp3) is 0.375. The highest BCUT2D eigenvalue weighted by atomic mass is 16.4. The molecule has 3 rings (SSSR count). The van der Waals surface area contributed by atoms with Gasteiger partial charge in [0.25, 0.3) is 0 Å². The molecule has 8 heteroatoms. The fourth-order valence-electron chi connectivity index (χ4n) is 2.31. The van der Waals surface area contributed by atoms with Crippen LogP contribution in [0.5, 0.6) is 0 Å². The Morgan fingerprint density at radius 2 is 1.88 bits per heavy atom. The number of hydrogen-bond donors (Lipinski definition) is 1. The summed E-state index contributed by atoms with van der Waals surface area (Å²) in [6, 6.07) is 6.50. The molecule has 0 bridgehead atoms. The van der Waals surface area contributed by atoms with Crippen LogP contribution in [-0.4, -0.2) is 20.7 Å². The van der Waals surface area contributed by atoms with Gasteiger partial charge in [-0.3, -0.25) is 9.36 Å². The second-order valence-electron chi connectivity index (χ2n) is 5.84. The third-order valence-electron chi connectivity index (χ3n) is 3.57.